The van der Waals surface area contributed by atoms with Crippen molar-refractivity contribution >= 4 is 12.1 Å². The van der Waals surface area contributed by atoms with Gasteiger partial charge >= 0.3 is 12.1 Å². The first-order valence-corrected chi connectivity index (χ1v) is 11.3. The van der Waals surface area contributed by atoms with Gasteiger partial charge in [-0.15, -0.1) is 0 Å². The molecular formula is C25H33N3O4. The molecule has 2 N–H and O–H groups in total. The molecule has 0 saturated carbocycles. The van der Waals surface area contributed by atoms with Crippen molar-refractivity contribution in [1.29, 1.82) is 0 Å². The minimum absolute atomic E-state index is 0.263. The summed E-state index contributed by atoms with van der Waals surface area (Å²) in [5.74, 6) is -0.266. The Morgan fingerprint density at radius 2 is 1.47 bits per heavy atom. The molecule has 7 heteroatoms. The monoisotopic (exact) mass is 439 g/mol. The fourth-order valence-corrected chi connectivity index (χ4v) is 3.51. The van der Waals surface area contributed by atoms with Gasteiger partial charge in [0.05, 0.1) is 0 Å². The maximum Gasteiger partial charge on any atom is 0.410 e. The van der Waals surface area contributed by atoms with Gasteiger partial charge in [-0.25, -0.2) is 4.79 Å². The van der Waals surface area contributed by atoms with Crippen LogP contribution in [0, 0.1) is 0 Å². The normalized spacial score (nSPS) is 18.1. The van der Waals surface area contributed by atoms with Gasteiger partial charge in [-0.3, -0.25) is 4.79 Å². The van der Waals surface area contributed by atoms with Crippen LogP contribution in [-0.4, -0.2) is 55.7 Å². The number of nitrogens with one attached hydrogen (secondary N) is 2. The Bertz CT molecular complexity index is 747. The molecule has 0 aliphatic carbocycles. The molecule has 2 aromatic carbocycles. The summed E-state index contributed by atoms with van der Waals surface area (Å²) in [4.78, 5) is 26.9. The van der Waals surface area contributed by atoms with E-state index in [1.165, 1.54) is 0 Å². The van der Waals surface area contributed by atoms with Crippen LogP contribution < -0.4 is 10.6 Å². The zero-order valence-electron chi connectivity index (χ0n) is 18.5. The lowest BCUT2D eigenvalue weighted by Gasteiger charge is -2.24. The number of carbonyl (C=O) groups is 2. The SMILES string of the molecule is O=C(OCc1ccccc1)C1CNCCN(C(=O)OCc2ccccc2)CCCCCN1. The Kier molecular flexibility index (Phi) is 10.0. The van der Waals surface area contributed by atoms with E-state index in [-0.39, 0.29) is 25.3 Å². The third kappa shape index (κ3) is 8.32. The molecule has 172 valence electrons. The molecule has 1 atom stereocenters. The van der Waals surface area contributed by atoms with E-state index >= 15 is 0 Å². The predicted octanol–water partition coefficient (Wildman–Crippen LogP) is 3.10. The van der Waals surface area contributed by atoms with Crippen molar-refractivity contribution in [3.05, 3.63) is 71.8 Å². The molecule has 0 spiro atoms. The fourth-order valence-electron chi connectivity index (χ4n) is 3.51. The van der Waals surface area contributed by atoms with Crippen LogP contribution in [0.1, 0.15) is 30.4 Å². The second-order valence-electron chi connectivity index (χ2n) is 7.89. The molecule has 1 unspecified atom stereocenters. The van der Waals surface area contributed by atoms with Gasteiger partial charge in [0.1, 0.15) is 19.3 Å². The molecule has 0 radical (unpaired) electrons. The number of rotatable bonds is 5. The van der Waals surface area contributed by atoms with E-state index in [9.17, 15) is 9.59 Å². The van der Waals surface area contributed by atoms with Crippen molar-refractivity contribution in [2.75, 3.05) is 32.7 Å². The second-order valence-corrected chi connectivity index (χ2v) is 7.89. The molecule has 7 nitrogen and oxygen atoms in total. The van der Waals surface area contributed by atoms with Crippen LogP contribution in [0.5, 0.6) is 0 Å². The molecule has 0 aromatic heterocycles. The molecule has 1 fully saturated rings. The highest BCUT2D eigenvalue weighted by atomic mass is 16.6. The van der Waals surface area contributed by atoms with Crippen LogP contribution in [0.2, 0.25) is 0 Å². The quantitative estimate of drug-likeness (QED) is 0.697. The van der Waals surface area contributed by atoms with Gasteiger partial charge in [-0.1, -0.05) is 67.1 Å². The molecule has 1 aliphatic heterocycles. The fraction of sp³-hybridized carbons (Fsp3) is 0.440. The van der Waals surface area contributed by atoms with E-state index in [1.54, 1.807) is 4.90 Å². The van der Waals surface area contributed by atoms with Crippen molar-refractivity contribution in [1.82, 2.24) is 15.5 Å². The first-order chi connectivity index (χ1) is 15.7. The molecule has 1 amide bonds. The van der Waals surface area contributed by atoms with E-state index in [0.29, 0.717) is 26.2 Å². The summed E-state index contributed by atoms with van der Waals surface area (Å²) in [7, 11) is 0. The van der Waals surface area contributed by atoms with Crippen molar-refractivity contribution in [3.8, 4) is 0 Å². The molecule has 0 bridgehead atoms. The molecule has 1 saturated heterocycles. The molecule has 1 heterocycles. The summed E-state index contributed by atoms with van der Waals surface area (Å²) in [5, 5.41) is 6.58. The van der Waals surface area contributed by atoms with Crippen LogP contribution in [0.25, 0.3) is 0 Å². The van der Waals surface area contributed by atoms with E-state index in [2.05, 4.69) is 10.6 Å². The van der Waals surface area contributed by atoms with E-state index < -0.39 is 6.04 Å². The summed E-state index contributed by atoms with van der Waals surface area (Å²) in [6.45, 7) is 3.47. The van der Waals surface area contributed by atoms with Crippen LogP contribution in [0.15, 0.2) is 60.7 Å². The smallest absolute Gasteiger partial charge is 0.410 e. The lowest BCUT2D eigenvalue weighted by atomic mass is 10.2. The van der Waals surface area contributed by atoms with E-state index in [4.69, 9.17) is 9.47 Å². The zero-order valence-corrected chi connectivity index (χ0v) is 18.5. The number of hydrogen-bond acceptors (Lipinski definition) is 6. The average molecular weight is 440 g/mol. The molecule has 2 aromatic rings. The first-order valence-electron chi connectivity index (χ1n) is 11.3. The van der Waals surface area contributed by atoms with Gasteiger partial charge < -0.3 is 25.0 Å². The van der Waals surface area contributed by atoms with Gasteiger partial charge in [-0.05, 0) is 30.5 Å². The number of amides is 1. The van der Waals surface area contributed by atoms with Gasteiger partial charge in [0.2, 0.25) is 0 Å². The average Bonchev–Trinajstić information content (AvgIpc) is 2.83. The van der Waals surface area contributed by atoms with Crippen LogP contribution in [0.3, 0.4) is 0 Å². The highest BCUT2D eigenvalue weighted by molar-refractivity contribution is 5.76. The minimum Gasteiger partial charge on any atom is -0.460 e. The van der Waals surface area contributed by atoms with Gasteiger partial charge in [0, 0.05) is 26.2 Å². The molecule has 32 heavy (non-hydrogen) atoms. The summed E-state index contributed by atoms with van der Waals surface area (Å²) in [6, 6.07) is 18.9. The third-order valence-corrected chi connectivity index (χ3v) is 5.37. The molecule has 3 rings (SSSR count). The van der Waals surface area contributed by atoms with Gasteiger partial charge in [0.25, 0.3) is 0 Å². The number of nitrogens with zero attached hydrogens (tertiary/aromatic N) is 1. The number of hydrogen-bond donors (Lipinski definition) is 2. The van der Waals surface area contributed by atoms with Crippen molar-refractivity contribution in [2.45, 2.75) is 38.5 Å². The number of ether oxygens (including phenoxy) is 2. The Balaban J connectivity index is 1.46. The number of esters is 1. The van der Waals surface area contributed by atoms with Crippen LogP contribution in [0.4, 0.5) is 4.79 Å². The second kappa shape index (κ2) is 13.5. The number of carbonyl (C=O) groups excluding carboxylic acids is 2. The maximum absolute atomic E-state index is 12.6. The zero-order chi connectivity index (χ0) is 22.4. The minimum atomic E-state index is -0.420. The van der Waals surface area contributed by atoms with Crippen LogP contribution >= 0.6 is 0 Å². The lowest BCUT2D eigenvalue weighted by molar-refractivity contribution is -0.147. The topological polar surface area (TPSA) is 79.9 Å². The van der Waals surface area contributed by atoms with E-state index in [0.717, 1.165) is 36.9 Å². The molecular weight excluding hydrogens is 406 g/mol. The summed E-state index contributed by atoms with van der Waals surface area (Å²) in [5.41, 5.74) is 1.93. The Labute approximate surface area is 190 Å². The predicted molar refractivity (Wildman–Crippen MR) is 123 cm³/mol. The molecule has 1 aliphatic rings. The van der Waals surface area contributed by atoms with Gasteiger partial charge in [-0.2, -0.15) is 0 Å². The Hall–Kier alpha value is -2.90. The van der Waals surface area contributed by atoms with Crippen molar-refractivity contribution in [3.63, 3.8) is 0 Å². The Morgan fingerprint density at radius 1 is 0.812 bits per heavy atom. The highest BCUT2D eigenvalue weighted by Gasteiger charge is 2.21. The van der Waals surface area contributed by atoms with Crippen molar-refractivity contribution < 1.29 is 19.1 Å². The third-order valence-electron chi connectivity index (χ3n) is 5.37. The van der Waals surface area contributed by atoms with Gasteiger partial charge in [0.15, 0.2) is 0 Å². The number of benzene rings is 2. The maximum atomic E-state index is 12.6. The highest BCUT2D eigenvalue weighted by Crippen LogP contribution is 2.07. The lowest BCUT2D eigenvalue weighted by Crippen LogP contribution is -2.48. The largest absolute Gasteiger partial charge is 0.460 e. The Morgan fingerprint density at radius 3 is 2.16 bits per heavy atom. The van der Waals surface area contributed by atoms with E-state index in [1.807, 2.05) is 60.7 Å². The summed E-state index contributed by atoms with van der Waals surface area (Å²) >= 11 is 0. The van der Waals surface area contributed by atoms with Crippen LogP contribution in [-0.2, 0) is 27.5 Å². The van der Waals surface area contributed by atoms with Crippen molar-refractivity contribution in [2.24, 2.45) is 0 Å². The summed E-state index contributed by atoms with van der Waals surface area (Å²) in [6.07, 6.45) is 2.49. The summed E-state index contributed by atoms with van der Waals surface area (Å²) < 4.78 is 11.0. The first kappa shape index (κ1) is 23.8. The standard InChI is InChI=1S/C25H33N3O4/c29-24(31-19-21-10-4-1-5-11-21)23-18-26-15-17-28(16-9-3-8-14-27-23)25(30)32-20-22-12-6-2-7-13-22/h1-2,4-7,10-13,23,26-27H,3,8-9,14-20H2.